The molecule has 1 aromatic rings. The SMILES string of the molecule is Cc1cccc(NCC(C)CN2CCCC2)c1[N+](=O)[O-]. The lowest BCUT2D eigenvalue weighted by atomic mass is 10.1. The third-order valence-corrected chi connectivity index (χ3v) is 3.83. The Morgan fingerprint density at radius 2 is 2.10 bits per heavy atom. The van der Waals surface area contributed by atoms with Crippen LogP contribution in [0.3, 0.4) is 0 Å². The molecule has 0 aliphatic carbocycles. The van der Waals surface area contributed by atoms with Gasteiger partial charge in [-0.05, 0) is 44.8 Å². The fourth-order valence-electron chi connectivity index (χ4n) is 2.80. The first-order valence-electron chi connectivity index (χ1n) is 7.28. The number of nitrogens with one attached hydrogen (secondary N) is 1. The number of rotatable bonds is 6. The van der Waals surface area contributed by atoms with Crippen LogP contribution < -0.4 is 5.32 Å². The Balaban J connectivity index is 1.93. The van der Waals surface area contributed by atoms with Gasteiger partial charge in [0.2, 0.25) is 0 Å². The highest BCUT2D eigenvalue weighted by Crippen LogP contribution is 2.28. The van der Waals surface area contributed by atoms with Crippen LogP contribution in [-0.2, 0) is 0 Å². The summed E-state index contributed by atoms with van der Waals surface area (Å²) in [6.45, 7) is 8.17. The molecule has 1 heterocycles. The lowest BCUT2D eigenvalue weighted by Crippen LogP contribution is -2.29. The van der Waals surface area contributed by atoms with Gasteiger partial charge in [-0.15, -0.1) is 0 Å². The van der Waals surface area contributed by atoms with Crippen molar-refractivity contribution in [3.63, 3.8) is 0 Å². The predicted molar refractivity (Wildman–Crippen MR) is 81.2 cm³/mol. The Kier molecular flexibility index (Phi) is 4.95. The van der Waals surface area contributed by atoms with Crippen molar-refractivity contribution in [1.29, 1.82) is 0 Å². The number of hydrogen-bond donors (Lipinski definition) is 1. The zero-order chi connectivity index (χ0) is 14.5. The first kappa shape index (κ1) is 14.8. The highest BCUT2D eigenvalue weighted by Gasteiger charge is 2.18. The van der Waals surface area contributed by atoms with E-state index in [0.29, 0.717) is 17.2 Å². The molecule has 0 spiro atoms. The molecular weight excluding hydrogens is 254 g/mol. The normalized spacial score (nSPS) is 17.1. The summed E-state index contributed by atoms with van der Waals surface area (Å²) in [7, 11) is 0. The zero-order valence-electron chi connectivity index (χ0n) is 12.3. The first-order chi connectivity index (χ1) is 9.58. The minimum atomic E-state index is -0.303. The highest BCUT2D eigenvalue weighted by atomic mass is 16.6. The van der Waals surface area contributed by atoms with Crippen molar-refractivity contribution >= 4 is 11.4 Å². The minimum absolute atomic E-state index is 0.195. The van der Waals surface area contributed by atoms with Gasteiger partial charge in [-0.2, -0.15) is 0 Å². The summed E-state index contributed by atoms with van der Waals surface area (Å²) in [5.74, 6) is 0.480. The van der Waals surface area contributed by atoms with Gasteiger partial charge in [-0.25, -0.2) is 0 Å². The predicted octanol–water partition coefficient (Wildman–Crippen LogP) is 3.05. The molecular formula is C15H23N3O2. The number of hydrogen-bond acceptors (Lipinski definition) is 4. The molecule has 0 amide bonds. The number of nitro benzene ring substituents is 1. The quantitative estimate of drug-likeness (QED) is 0.641. The number of aryl methyl sites for hydroxylation is 1. The summed E-state index contributed by atoms with van der Waals surface area (Å²) in [6.07, 6.45) is 2.59. The molecule has 1 aromatic carbocycles. The number of benzene rings is 1. The van der Waals surface area contributed by atoms with Crippen LogP contribution in [0.25, 0.3) is 0 Å². The molecule has 5 nitrogen and oxygen atoms in total. The summed E-state index contributed by atoms with van der Waals surface area (Å²) in [6, 6.07) is 5.42. The average molecular weight is 277 g/mol. The van der Waals surface area contributed by atoms with Gasteiger partial charge in [-0.1, -0.05) is 19.1 Å². The Labute approximate surface area is 120 Å². The molecule has 20 heavy (non-hydrogen) atoms. The van der Waals surface area contributed by atoms with E-state index in [9.17, 15) is 10.1 Å². The van der Waals surface area contributed by atoms with Gasteiger partial charge in [0.1, 0.15) is 5.69 Å². The van der Waals surface area contributed by atoms with Crippen LogP contribution in [0.1, 0.15) is 25.3 Å². The lowest BCUT2D eigenvalue weighted by Gasteiger charge is -2.21. The molecule has 1 atom stereocenters. The van der Waals surface area contributed by atoms with Crippen molar-refractivity contribution in [2.24, 2.45) is 5.92 Å². The molecule has 2 rings (SSSR count). The third-order valence-electron chi connectivity index (χ3n) is 3.83. The molecule has 1 unspecified atom stereocenters. The van der Waals surface area contributed by atoms with E-state index >= 15 is 0 Å². The molecule has 1 aliphatic heterocycles. The topological polar surface area (TPSA) is 58.4 Å². The average Bonchev–Trinajstić information content (AvgIpc) is 2.88. The molecule has 110 valence electrons. The van der Waals surface area contributed by atoms with E-state index in [1.807, 2.05) is 6.07 Å². The van der Waals surface area contributed by atoms with E-state index in [-0.39, 0.29) is 10.6 Å². The number of likely N-dealkylation sites (tertiary alicyclic amines) is 1. The lowest BCUT2D eigenvalue weighted by molar-refractivity contribution is -0.384. The maximum atomic E-state index is 11.1. The summed E-state index contributed by atoms with van der Waals surface area (Å²) in [4.78, 5) is 13.3. The Hall–Kier alpha value is -1.62. The fourth-order valence-corrected chi connectivity index (χ4v) is 2.80. The summed E-state index contributed by atoms with van der Waals surface area (Å²) in [5.41, 5.74) is 1.52. The molecule has 5 heteroatoms. The largest absolute Gasteiger partial charge is 0.379 e. The smallest absolute Gasteiger partial charge is 0.295 e. The molecule has 1 saturated heterocycles. The zero-order valence-corrected chi connectivity index (χ0v) is 12.3. The molecule has 0 radical (unpaired) electrons. The van der Waals surface area contributed by atoms with E-state index in [4.69, 9.17) is 0 Å². The second-order valence-electron chi connectivity index (χ2n) is 5.72. The second-order valence-corrected chi connectivity index (χ2v) is 5.72. The van der Waals surface area contributed by atoms with Crippen LogP contribution in [0.15, 0.2) is 18.2 Å². The van der Waals surface area contributed by atoms with Crippen molar-refractivity contribution in [3.8, 4) is 0 Å². The maximum Gasteiger partial charge on any atom is 0.295 e. The Bertz CT molecular complexity index is 470. The molecule has 0 bridgehead atoms. The van der Waals surface area contributed by atoms with E-state index in [0.717, 1.165) is 13.1 Å². The van der Waals surface area contributed by atoms with Crippen LogP contribution in [-0.4, -0.2) is 36.0 Å². The van der Waals surface area contributed by atoms with Crippen molar-refractivity contribution in [2.75, 3.05) is 31.5 Å². The van der Waals surface area contributed by atoms with Crippen molar-refractivity contribution < 1.29 is 4.92 Å². The van der Waals surface area contributed by atoms with Gasteiger partial charge in [0.25, 0.3) is 5.69 Å². The van der Waals surface area contributed by atoms with Gasteiger partial charge in [-0.3, -0.25) is 10.1 Å². The minimum Gasteiger partial charge on any atom is -0.379 e. The van der Waals surface area contributed by atoms with E-state index in [1.165, 1.54) is 25.9 Å². The van der Waals surface area contributed by atoms with Crippen LogP contribution in [0.5, 0.6) is 0 Å². The third kappa shape index (κ3) is 3.70. The van der Waals surface area contributed by atoms with Crippen LogP contribution in [0, 0.1) is 23.0 Å². The highest BCUT2D eigenvalue weighted by molar-refractivity contribution is 5.64. The van der Waals surface area contributed by atoms with Gasteiger partial charge in [0.15, 0.2) is 0 Å². The van der Waals surface area contributed by atoms with Crippen molar-refractivity contribution in [3.05, 3.63) is 33.9 Å². The molecule has 1 fully saturated rings. The van der Waals surface area contributed by atoms with Crippen LogP contribution in [0.4, 0.5) is 11.4 Å². The Morgan fingerprint density at radius 3 is 2.75 bits per heavy atom. The molecule has 0 aromatic heterocycles. The summed E-state index contributed by atoms with van der Waals surface area (Å²) in [5, 5.41) is 14.4. The number of nitrogens with zero attached hydrogens (tertiary/aromatic N) is 2. The van der Waals surface area contributed by atoms with E-state index in [2.05, 4.69) is 17.1 Å². The number of nitro groups is 1. The van der Waals surface area contributed by atoms with Crippen LogP contribution >= 0.6 is 0 Å². The summed E-state index contributed by atoms with van der Waals surface area (Å²) < 4.78 is 0. The van der Waals surface area contributed by atoms with E-state index in [1.54, 1.807) is 19.1 Å². The fraction of sp³-hybridized carbons (Fsp3) is 0.600. The maximum absolute atomic E-state index is 11.1. The van der Waals surface area contributed by atoms with Gasteiger partial charge in [0.05, 0.1) is 4.92 Å². The van der Waals surface area contributed by atoms with Gasteiger partial charge >= 0.3 is 0 Å². The summed E-state index contributed by atoms with van der Waals surface area (Å²) >= 11 is 0. The molecule has 0 saturated carbocycles. The molecule has 1 N–H and O–H groups in total. The standard InChI is InChI=1S/C15H23N3O2/c1-12(11-17-8-3-4-9-17)10-16-14-7-5-6-13(2)15(14)18(19)20/h5-7,12,16H,3-4,8-11H2,1-2H3. The Morgan fingerprint density at radius 1 is 1.40 bits per heavy atom. The number of anilines is 1. The van der Waals surface area contributed by atoms with Gasteiger partial charge < -0.3 is 10.2 Å². The van der Waals surface area contributed by atoms with Crippen LogP contribution in [0.2, 0.25) is 0 Å². The number of para-hydroxylation sites is 1. The molecule has 1 aliphatic rings. The van der Waals surface area contributed by atoms with E-state index < -0.39 is 0 Å². The van der Waals surface area contributed by atoms with Crippen molar-refractivity contribution in [1.82, 2.24) is 4.90 Å². The second kappa shape index (κ2) is 6.70. The monoisotopic (exact) mass is 277 g/mol. The first-order valence-corrected chi connectivity index (χ1v) is 7.28. The van der Waals surface area contributed by atoms with Gasteiger partial charge in [0, 0.05) is 18.7 Å². The van der Waals surface area contributed by atoms with Crippen molar-refractivity contribution in [2.45, 2.75) is 26.7 Å².